The highest BCUT2D eigenvalue weighted by Crippen LogP contribution is 2.15. The Kier molecular flexibility index (Phi) is 18.0. The Labute approximate surface area is 194 Å². The molecule has 2 nitrogen and oxygen atoms in total. The maximum absolute atomic E-state index is 3.79. The predicted molar refractivity (Wildman–Crippen MR) is 140 cm³/mol. The highest BCUT2D eigenvalue weighted by atomic mass is 15.0. The molecule has 1 rings (SSSR count). The van der Waals surface area contributed by atoms with Crippen molar-refractivity contribution in [2.24, 2.45) is 5.92 Å². The third kappa shape index (κ3) is 15.8. The van der Waals surface area contributed by atoms with Gasteiger partial charge in [0.2, 0.25) is 0 Å². The molecule has 0 aromatic rings. The number of rotatable bonds is 20. The average Bonchev–Trinajstić information content (AvgIpc) is 2.78. The molecule has 176 valence electrons. The van der Waals surface area contributed by atoms with E-state index in [4.69, 9.17) is 0 Å². The number of nitrogens with one attached hydrogen (secondary N) is 1. The van der Waals surface area contributed by atoms with Crippen LogP contribution in [-0.2, 0) is 0 Å². The fourth-order valence-corrected chi connectivity index (χ4v) is 4.24. The summed E-state index contributed by atoms with van der Waals surface area (Å²) in [6.07, 6.45) is 35.4. The van der Waals surface area contributed by atoms with E-state index in [0.717, 1.165) is 18.9 Å². The van der Waals surface area contributed by atoms with Crippen molar-refractivity contribution in [3.8, 4) is 0 Å². The summed E-state index contributed by atoms with van der Waals surface area (Å²) in [5.74, 6) is 0.790. The summed E-state index contributed by atoms with van der Waals surface area (Å²) in [5.41, 5.74) is 1.35. The summed E-state index contributed by atoms with van der Waals surface area (Å²) in [6, 6.07) is 0. The minimum atomic E-state index is 0.790. The number of hydrogen-bond donors (Lipinski definition) is 1. The van der Waals surface area contributed by atoms with Gasteiger partial charge in [-0.3, -0.25) is 0 Å². The first kappa shape index (κ1) is 27.5. The van der Waals surface area contributed by atoms with Gasteiger partial charge in [0.15, 0.2) is 6.20 Å². The summed E-state index contributed by atoms with van der Waals surface area (Å²) in [6.45, 7) is 10.6. The SMILES string of the molecule is C=C/C=C(\C=C/NCCCCCCCCCCCC[N+]1=CCC(CCC)C=C1)CCC. The van der Waals surface area contributed by atoms with Gasteiger partial charge in [-0.2, -0.15) is 0 Å². The van der Waals surface area contributed by atoms with Gasteiger partial charge < -0.3 is 5.32 Å². The van der Waals surface area contributed by atoms with Crippen LogP contribution in [0.4, 0.5) is 0 Å². The highest BCUT2D eigenvalue weighted by Gasteiger charge is 2.12. The lowest BCUT2D eigenvalue weighted by Gasteiger charge is -2.11. The van der Waals surface area contributed by atoms with Crippen molar-refractivity contribution in [1.82, 2.24) is 5.32 Å². The Bertz CT molecular complexity index is 553. The molecule has 31 heavy (non-hydrogen) atoms. The maximum Gasteiger partial charge on any atom is 0.164 e. The Hall–Kier alpha value is -1.57. The standard InChI is InChI=1S/C29H51N2/c1-4-17-28(18-5-2)20-24-30-23-15-13-11-9-7-8-10-12-14-16-25-31-26-21-29(19-6-3)22-27-31/h4,17,20-21,24,26-27,29-30H,1,5-16,18-19,22-23,25H2,2-3H3/q+1/b24-20-,28-17-. The smallest absolute Gasteiger partial charge is 0.164 e. The Balaban J connectivity index is 1.84. The van der Waals surface area contributed by atoms with Crippen LogP contribution in [-0.4, -0.2) is 23.9 Å². The maximum atomic E-state index is 3.79. The van der Waals surface area contributed by atoms with E-state index < -0.39 is 0 Å². The molecular weight excluding hydrogens is 376 g/mol. The van der Waals surface area contributed by atoms with Crippen LogP contribution in [0.15, 0.2) is 48.9 Å². The molecular formula is C29H51N2+. The molecule has 0 saturated carbocycles. The van der Waals surface area contributed by atoms with Crippen LogP contribution in [0.2, 0.25) is 0 Å². The first-order valence-electron chi connectivity index (χ1n) is 13.3. The Morgan fingerprint density at radius 3 is 2.23 bits per heavy atom. The summed E-state index contributed by atoms with van der Waals surface area (Å²) < 4.78 is 2.42. The van der Waals surface area contributed by atoms with Crippen molar-refractivity contribution >= 4 is 6.21 Å². The van der Waals surface area contributed by atoms with E-state index in [0.29, 0.717) is 0 Å². The third-order valence-corrected chi connectivity index (χ3v) is 6.13. The molecule has 1 N–H and O–H groups in total. The summed E-state index contributed by atoms with van der Waals surface area (Å²) in [4.78, 5) is 0. The summed E-state index contributed by atoms with van der Waals surface area (Å²) in [5, 5.41) is 3.43. The predicted octanol–water partition coefficient (Wildman–Crippen LogP) is 8.32. The second-order valence-corrected chi connectivity index (χ2v) is 9.10. The van der Waals surface area contributed by atoms with Crippen molar-refractivity contribution in [3.63, 3.8) is 0 Å². The van der Waals surface area contributed by atoms with Crippen LogP contribution in [0.5, 0.6) is 0 Å². The molecule has 0 bridgehead atoms. The molecule has 0 saturated heterocycles. The second-order valence-electron chi connectivity index (χ2n) is 9.10. The van der Waals surface area contributed by atoms with Gasteiger partial charge in [-0.25, -0.2) is 4.58 Å². The first-order chi connectivity index (χ1) is 15.3. The second kappa shape index (κ2) is 20.3. The van der Waals surface area contributed by atoms with Crippen molar-refractivity contribution in [1.29, 1.82) is 0 Å². The van der Waals surface area contributed by atoms with Gasteiger partial charge in [0.25, 0.3) is 0 Å². The van der Waals surface area contributed by atoms with Gasteiger partial charge in [-0.15, -0.1) is 0 Å². The van der Waals surface area contributed by atoms with Crippen LogP contribution < -0.4 is 5.32 Å². The van der Waals surface area contributed by atoms with E-state index in [1.54, 1.807) is 0 Å². The normalized spacial score (nSPS) is 16.6. The first-order valence-corrected chi connectivity index (χ1v) is 13.3. The Morgan fingerprint density at radius 1 is 0.968 bits per heavy atom. The lowest BCUT2D eigenvalue weighted by Crippen LogP contribution is -2.15. The monoisotopic (exact) mass is 427 g/mol. The molecule has 0 fully saturated rings. The number of hydrogen-bond acceptors (Lipinski definition) is 1. The zero-order valence-electron chi connectivity index (χ0n) is 20.8. The Morgan fingerprint density at radius 2 is 1.65 bits per heavy atom. The average molecular weight is 428 g/mol. The highest BCUT2D eigenvalue weighted by molar-refractivity contribution is 5.53. The van der Waals surface area contributed by atoms with Crippen molar-refractivity contribution in [2.75, 3.05) is 13.1 Å². The van der Waals surface area contributed by atoms with Gasteiger partial charge in [0.1, 0.15) is 12.8 Å². The largest absolute Gasteiger partial charge is 0.391 e. The van der Waals surface area contributed by atoms with Gasteiger partial charge in [-0.05, 0) is 55.5 Å². The lowest BCUT2D eigenvalue weighted by atomic mass is 9.99. The molecule has 0 aliphatic carbocycles. The van der Waals surface area contributed by atoms with Crippen LogP contribution in [0, 0.1) is 5.92 Å². The molecule has 1 unspecified atom stereocenters. The molecule has 1 aliphatic rings. The molecule has 1 heterocycles. The molecule has 1 atom stereocenters. The topological polar surface area (TPSA) is 15.0 Å². The van der Waals surface area contributed by atoms with E-state index in [2.05, 4.69) is 67.2 Å². The molecule has 0 aromatic heterocycles. The third-order valence-electron chi connectivity index (χ3n) is 6.13. The summed E-state index contributed by atoms with van der Waals surface area (Å²) >= 11 is 0. The fraction of sp³-hybridized carbons (Fsp3) is 0.690. The van der Waals surface area contributed by atoms with Crippen LogP contribution in [0.3, 0.4) is 0 Å². The number of allylic oxidation sites excluding steroid dienone is 5. The minimum absolute atomic E-state index is 0.790. The van der Waals surface area contributed by atoms with Crippen LogP contribution in [0.25, 0.3) is 0 Å². The molecule has 2 heteroatoms. The quantitative estimate of drug-likeness (QED) is 0.117. The van der Waals surface area contributed by atoms with E-state index in [-0.39, 0.29) is 0 Å². The molecule has 0 amide bonds. The zero-order chi connectivity index (χ0) is 22.4. The van der Waals surface area contributed by atoms with E-state index in [1.807, 2.05) is 6.08 Å². The van der Waals surface area contributed by atoms with E-state index in [1.165, 1.54) is 102 Å². The fourth-order valence-electron chi connectivity index (χ4n) is 4.24. The van der Waals surface area contributed by atoms with Gasteiger partial charge in [0.05, 0.1) is 0 Å². The molecule has 0 aromatic carbocycles. The van der Waals surface area contributed by atoms with Gasteiger partial charge >= 0.3 is 0 Å². The van der Waals surface area contributed by atoms with Crippen molar-refractivity contribution < 1.29 is 4.58 Å². The zero-order valence-corrected chi connectivity index (χ0v) is 20.8. The van der Waals surface area contributed by atoms with Gasteiger partial charge in [-0.1, -0.05) is 90.4 Å². The lowest BCUT2D eigenvalue weighted by molar-refractivity contribution is -0.456. The van der Waals surface area contributed by atoms with Crippen molar-refractivity contribution in [2.45, 2.75) is 110 Å². The minimum Gasteiger partial charge on any atom is -0.391 e. The number of nitrogens with zero attached hydrogens (tertiary/aromatic N) is 1. The van der Waals surface area contributed by atoms with Gasteiger partial charge in [0, 0.05) is 19.4 Å². The molecule has 0 spiro atoms. The number of unbranched alkanes of at least 4 members (excludes halogenated alkanes) is 9. The van der Waals surface area contributed by atoms with Crippen LogP contribution >= 0.6 is 0 Å². The van der Waals surface area contributed by atoms with Crippen molar-refractivity contribution in [3.05, 3.63) is 48.9 Å². The summed E-state index contributed by atoms with van der Waals surface area (Å²) in [7, 11) is 0. The van der Waals surface area contributed by atoms with E-state index >= 15 is 0 Å². The van der Waals surface area contributed by atoms with Crippen LogP contribution in [0.1, 0.15) is 110 Å². The molecule has 1 aliphatic heterocycles. The molecule has 0 radical (unpaired) electrons. The van der Waals surface area contributed by atoms with E-state index in [9.17, 15) is 0 Å².